The number of hydrogen-bond acceptors (Lipinski definition) is 3. The van der Waals surface area contributed by atoms with Crippen molar-refractivity contribution < 1.29 is 9.18 Å². The van der Waals surface area contributed by atoms with Crippen molar-refractivity contribution in [3.63, 3.8) is 0 Å². The lowest BCUT2D eigenvalue weighted by Gasteiger charge is -2.12. The number of rotatable bonds is 5. The highest BCUT2D eigenvalue weighted by molar-refractivity contribution is 7.80. The number of carbonyl (C=O) groups excluding carboxylic acids is 1. The molecule has 0 atom stereocenters. The van der Waals surface area contributed by atoms with Crippen molar-refractivity contribution in [2.24, 2.45) is 0 Å². The summed E-state index contributed by atoms with van der Waals surface area (Å²) in [6, 6.07) is 11.7. The Morgan fingerprint density at radius 3 is 2.62 bits per heavy atom. The van der Waals surface area contributed by atoms with Crippen molar-refractivity contribution in [2.75, 3.05) is 10.6 Å². The minimum absolute atomic E-state index is 0.0210. The van der Waals surface area contributed by atoms with Crippen molar-refractivity contribution in [1.82, 2.24) is 9.78 Å². The van der Waals surface area contributed by atoms with Gasteiger partial charge in [-0.1, -0.05) is 29.8 Å². The third kappa shape index (κ3) is 4.81. The van der Waals surface area contributed by atoms with Crippen LogP contribution in [0.1, 0.15) is 34.2 Å². The fourth-order valence-electron chi connectivity index (χ4n) is 2.96. The van der Waals surface area contributed by atoms with E-state index >= 15 is 0 Å². The van der Waals surface area contributed by atoms with E-state index in [4.69, 9.17) is 23.8 Å². The zero-order chi connectivity index (χ0) is 21.1. The van der Waals surface area contributed by atoms with Gasteiger partial charge < -0.3 is 10.6 Å². The van der Waals surface area contributed by atoms with Crippen LogP contribution < -0.4 is 10.6 Å². The predicted octanol–water partition coefficient (Wildman–Crippen LogP) is 5.35. The Morgan fingerprint density at radius 2 is 1.93 bits per heavy atom. The SMILES string of the molecule is CC(=O)c1cccc(NC(=S)Nc2c(C)nn(Cc3c(F)cccc3Cl)c2C)c1. The average molecular weight is 431 g/mol. The van der Waals surface area contributed by atoms with Crippen LogP contribution in [0.25, 0.3) is 0 Å². The highest BCUT2D eigenvalue weighted by Gasteiger charge is 2.16. The van der Waals surface area contributed by atoms with Crippen LogP contribution in [0, 0.1) is 19.7 Å². The first kappa shape index (κ1) is 21.0. The lowest BCUT2D eigenvalue weighted by Crippen LogP contribution is -2.20. The number of nitrogens with zero attached hydrogens (tertiary/aromatic N) is 2. The van der Waals surface area contributed by atoms with Crippen LogP contribution in [0.5, 0.6) is 0 Å². The Hall–Kier alpha value is -2.77. The number of halogens is 2. The predicted molar refractivity (Wildman–Crippen MR) is 119 cm³/mol. The number of benzene rings is 2. The zero-order valence-electron chi connectivity index (χ0n) is 16.2. The van der Waals surface area contributed by atoms with E-state index in [-0.39, 0.29) is 18.1 Å². The Kier molecular flexibility index (Phi) is 6.30. The third-order valence-corrected chi connectivity index (χ3v) is 5.07. The Balaban J connectivity index is 1.77. The van der Waals surface area contributed by atoms with E-state index in [0.29, 0.717) is 26.9 Å². The van der Waals surface area contributed by atoms with Gasteiger partial charge in [0.2, 0.25) is 0 Å². The second kappa shape index (κ2) is 8.71. The molecule has 0 aliphatic carbocycles. The molecule has 0 saturated heterocycles. The molecule has 3 aromatic rings. The number of anilines is 2. The van der Waals surface area contributed by atoms with Crippen LogP contribution in [-0.4, -0.2) is 20.7 Å². The van der Waals surface area contributed by atoms with Gasteiger partial charge in [0.25, 0.3) is 0 Å². The number of aromatic nitrogens is 2. The maximum Gasteiger partial charge on any atom is 0.175 e. The summed E-state index contributed by atoms with van der Waals surface area (Å²) in [5.74, 6) is -0.394. The minimum Gasteiger partial charge on any atom is -0.332 e. The first-order chi connectivity index (χ1) is 13.8. The van der Waals surface area contributed by atoms with Gasteiger partial charge in [-0.15, -0.1) is 0 Å². The summed E-state index contributed by atoms with van der Waals surface area (Å²) in [5.41, 5.74) is 3.93. The van der Waals surface area contributed by atoms with E-state index in [1.54, 1.807) is 35.0 Å². The smallest absolute Gasteiger partial charge is 0.175 e. The van der Waals surface area contributed by atoms with Gasteiger partial charge in [0.1, 0.15) is 5.82 Å². The molecule has 150 valence electrons. The summed E-state index contributed by atoms with van der Waals surface area (Å²) in [6.07, 6.45) is 0. The van der Waals surface area contributed by atoms with Gasteiger partial charge in [-0.3, -0.25) is 9.48 Å². The summed E-state index contributed by atoms with van der Waals surface area (Å²) in [7, 11) is 0. The number of thiocarbonyl (C=S) groups is 1. The van der Waals surface area contributed by atoms with Crippen molar-refractivity contribution >= 4 is 46.1 Å². The van der Waals surface area contributed by atoms with E-state index in [2.05, 4.69) is 15.7 Å². The number of carbonyl (C=O) groups is 1. The zero-order valence-corrected chi connectivity index (χ0v) is 17.8. The average Bonchev–Trinajstić information content (AvgIpc) is 2.92. The maximum absolute atomic E-state index is 14.1. The highest BCUT2D eigenvalue weighted by Crippen LogP contribution is 2.24. The molecule has 0 bridgehead atoms. The molecule has 0 saturated carbocycles. The van der Waals surface area contributed by atoms with Crippen LogP contribution in [0.15, 0.2) is 42.5 Å². The summed E-state index contributed by atoms with van der Waals surface area (Å²) < 4.78 is 15.8. The number of nitrogens with one attached hydrogen (secondary N) is 2. The van der Waals surface area contributed by atoms with Crippen molar-refractivity contribution in [2.45, 2.75) is 27.3 Å². The van der Waals surface area contributed by atoms with Crippen LogP contribution in [0.3, 0.4) is 0 Å². The third-order valence-electron chi connectivity index (χ3n) is 4.52. The van der Waals surface area contributed by atoms with Gasteiger partial charge in [0.15, 0.2) is 10.9 Å². The van der Waals surface area contributed by atoms with E-state index < -0.39 is 0 Å². The largest absolute Gasteiger partial charge is 0.332 e. The normalized spacial score (nSPS) is 10.7. The molecule has 2 N–H and O–H groups in total. The molecule has 8 heteroatoms. The molecule has 0 aliphatic rings. The molecule has 0 amide bonds. The van der Waals surface area contributed by atoms with Gasteiger partial charge in [-0.05, 0) is 57.3 Å². The lowest BCUT2D eigenvalue weighted by atomic mass is 10.1. The molecule has 0 radical (unpaired) electrons. The molecule has 0 aliphatic heterocycles. The molecule has 0 spiro atoms. The number of Topliss-reactive ketones (excluding diaryl/α,β-unsaturated/α-hetero) is 1. The van der Waals surface area contributed by atoms with E-state index in [0.717, 1.165) is 17.1 Å². The number of hydrogen-bond donors (Lipinski definition) is 2. The molecule has 5 nitrogen and oxygen atoms in total. The topological polar surface area (TPSA) is 59.0 Å². The van der Waals surface area contributed by atoms with Gasteiger partial charge >= 0.3 is 0 Å². The second-order valence-corrected chi connectivity index (χ2v) is 7.44. The quantitative estimate of drug-likeness (QED) is 0.422. The first-order valence-electron chi connectivity index (χ1n) is 8.92. The minimum atomic E-state index is -0.373. The van der Waals surface area contributed by atoms with Crippen LogP contribution in [0.2, 0.25) is 5.02 Å². The highest BCUT2D eigenvalue weighted by atomic mass is 35.5. The van der Waals surface area contributed by atoms with Crippen molar-refractivity contribution in [3.8, 4) is 0 Å². The molecule has 29 heavy (non-hydrogen) atoms. The second-order valence-electron chi connectivity index (χ2n) is 6.62. The van der Waals surface area contributed by atoms with Crippen molar-refractivity contribution in [1.29, 1.82) is 0 Å². The van der Waals surface area contributed by atoms with Crippen molar-refractivity contribution in [3.05, 3.63) is 75.8 Å². The molecule has 3 rings (SSSR count). The Labute approximate surface area is 178 Å². The fourth-order valence-corrected chi connectivity index (χ4v) is 3.40. The maximum atomic E-state index is 14.1. The van der Waals surface area contributed by atoms with E-state index in [9.17, 15) is 9.18 Å². The number of ketones is 1. The van der Waals surface area contributed by atoms with Gasteiger partial charge in [0.05, 0.1) is 23.6 Å². The summed E-state index contributed by atoms with van der Waals surface area (Å²) in [6.45, 7) is 5.43. The van der Waals surface area contributed by atoms with Gasteiger partial charge in [-0.2, -0.15) is 5.10 Å². The molecule has 1 aromatic heterocycles. The lowest BCUT2D eigenvalue weighted by molar-refractivity contribution is 0.101. The summed E-state index contributed by atoms with van der Waals surface area (Å²) >= 11 is 11.5. The van der Waals surface area contributed by atoms with Crippen LogP contribution in [-0.2, 0) is 6.54 Å². The first-order valence-corrected chi connectivity index (χ1v) is 9.70. The van der Waals surface area contributed by atoms with Crippen LogP contribution >= 0.6 is 23.8 Å². The molecule has 0 unspecified atom stereocenters. The molecular weight excluding hydrogens is 411 g/mol. The fraction of sp³-hybridized carbons (Fsp3) is 0.190. The monoisotopic (exact) mass is 430 g/mol. The van der Waals surface area contributed by atoms with Gasteiger partial charge in [-0.25, -0.2) is 4.39 Å². The van der Waals surface area contributed by atoms with Crippen LogP contribution in [0.4, 0.5) is 15.8 Å². The van der Waals surface area contributed by atoms with Gasteiger partial charge in [0, 0.05) is 21.8 Å². The molecule has 2 aromatic carbocycles. The summed E-state index contributed by atoms with van der Waals surface area (Å²) in [4.78, 5) is 11.5. The Bertz CT molecular complexity index is 1080. The number of aryl methyl sites for hydroxylation is 1. The van der Waals surface area contributed by atoms with E-state index in [1.807, 2.05) is 19.9 Å². The standard InChI is InChI=1S/C21H20ClFN4OS/c1-12-20(25-21(29)24-16-7-4-6-15(10-16)14(3)28)13(2)27(26-12)11-17-18(22)8-5-9-19(17)23/h4-10H,11H2,1-3H3,(H2,24,25,29). The summed E-state index contributed by atoms with van der Waals surface area (Å²) in [5, 5.41) is 11.4. The molecular formula is C21H20ClFN4OS. The molecule has 0 fully saturated rings. The van der Waals surface area contributed by atoms with E-state index in [1.165, 1.54) is 13.0 Å². The molecule has 1 heterocycles. The Morgan fingerprint density at radius 1 is 1.21 bits per heavy atom.